The summed E-state index contributed by atoms with van der Waals surface area (Å²) in [6, 6.07) is 35.2. The molecular formula is C33H21BrN4O2. The topological polar surface area (TPSA) is 61.5 Å². The fraction of sp³-hybridized carbons (Fsp3) is 0.0606. The largest absolute Gasteiger partial charge is 0.486 e. The fourth-order valence-corrected chi connectivity index (χ4v) is 5.96. The SMILES string of the molecule is Brc1ccc2cc(OCc3nc4c5c(ncn4n3)Oc3c(ccc4ccccc34)[C@H]5c3ccccc3)ccc2c1. The lowest BCUT2D eigenvalue weighted by Crippen LogP contribution is -2.15. The molecule has 0 spiro atoms. The van der Waals surface area contributed by atoms with Gasteiger partial charge in [-0.2, -0.15) is 0 Å². The van der Waals surface area contributed by atoms with Crippen molar-refractivity contribution in [3.05, 3.63) is 136 Å². The molecule has 0 unspecified atom stereocenters. The fourth-order valence-electron chi connectivity index (χ4n) is 5.58. The second kappa shape index (κ2) is 9.17. The maximum Gasteiger partial charge on any atom is 0.228 e. The van der Waals surface area contributed by atoms with Gasteiger partial charge in [-0.1, -0.05) is 94.8 Å². The first-order valence-electron chi connectivity index (χ1n) is 13.0. The third-order valence-electron chi connectivity index (χ3n) is 7.41. The Balaban J connectivity index is 1.21. The van der Waals surface area contributed by atoms with Crippen molar-refractivity contribution < 1.29 is 9.47 Å². The molecule has 6 nitrogen and oxygen atoms in total. The van der Waals surface area contributed by atoms with E-state index in [9.17, 15) is 0 Å². The van der Waals surface area contributed by atoms with E-state index in [1.165, 1.54) is 0 Å². The molecule has 1 aliphatic rings. The molecule has 0 fully saturated rings. The van der Waals surface area contributed by atoms with Crippen LogP contribution in [-0.4, -0.2) is 19.6 Å². The second-order valence-electron chi connectivity index (χ2n) is 9.85. The number of fused-ring (bicyclic) bond motifs is 7. The number of hydrogen-bond acceptors (Lipinski definition) is 5. The minimum Gasteiger partial charge on any atom is -0.486 e. The van der Waals surface area contributed by atoms with Gasteiger partial charge in [0.05, 0.1) is 5.56 Å². The summed E-state index contributed by atoms with van der Waals surface area (Å²) in [6.07, 6.45) is 1.66. The van der Waals surface area contributed by atoms with E-state index in [0.29, 0.717) is 17.4 Å². The molecule has 0 saturated heterocycles. The predicted octanol–water partition coefficient (Wildman–Crippen LogP) is 8.06. The molecular weight excluding hydrogens is 564 g/mol. The van der Waals surface area contributed by atoms with Crippen molar-refractivity contribution >= 4 is 43.1 Å². The number of nitrogens with zero attached hydrogens (tertiary/aromatic N) is 4. The minimum absolute atomic E-state index is 0.112. The molecule has 0 radical (unpaired) electrons. The normalized spacial score (nSPS) is 14.2. The molecule has 40 heavy (non-hydrogen) atoms. The summed E-state index contributed by atoms with van der Waals surface area (Å²) in [7, 11) is 0. The second-order valence-corrected chi connectivity index (χ2v) is 10.8. The van der Waals surface area contributed by atoms with Crippen LogP contribution in [0.4, 0.5) is 0 Å². The van der Waals surface area contributed by atoms with Crippen LogP contribution in [0.15, 0.2) is 114 Å². The molecule has 0 saturated carbocycles. The molecule has 1 aliphatic heterocycles. The van der Waals surface area contributed by atoms with E-state index >= 15 is 0 Å². The van der Waals surface area contributed by atoms with Crippen LogP contribution < -0.4 is 9.47 Å². The standard InChI is InChI=1S/C33H21BrN4O2/c34-24-13-10-23-17-25(14-11-22(23)16-24)39-18-28-36-32-30-29(21-7-2-1-3-8-21)27-15-12-20-6-4-5-9-26(20)31(27)40-33(30)35-19-38(32)37-28/h1-17,19,29H,18H2/t29-/m1/s1. The first kappa shape index (κ1) is 23.2. The van der Waals surface area contributed by atoms with Gasteiger partial charge in [0.2, 0.25) is 5.88 Å². The van der Waals surface area contributed by atoms with Crippen LogP contribution in [0.2, 0.25) is 0 Å². The average Bonchev–Trinajstić information content (AvgIpc) is 3.43. The maximum absolute atomic E-state index is 6.51. The first-order valence-corrected chi connectivity index (χ1v) is 13.8. The minimum atomic E-state index is -0.112. The highest BCUT2D eigenvalue weighted by Crippen LogP contribution is 2.50. The molecule has 0 aliphatic carbocycles. The highest BCUT2D eigenvalue weighted by atomic mass is 79.9. The lowest BCUT2D eigenvalue weighted by atomic mass is 9.83. The zero-order chi connectivity index (χ0) is 26.6. The van der Waals surface area contributed by atoms with Gasteiger partial charge in [-0.15, -0.1) is 5.10 Å². The Morgan fingerprint density at radius 2 is 1.62 bits per heavy atom. The Kier molecular flexibility index (Phi) is 5.31. The number of hydrogen-bond donors (Lipinski definition) is 0. The van der Waals surface area contributed by atoms with E-state index in [-0.39, 0.29) is 12.5 Å². The summed E-state index contributed by atoms with van der Waals surface area (Å²) >= 11 is 3.53. The van der Waals surface area contributed by atoms with Gasteiger partial charge in [-0.3, -0.25) is 0 Å². The molecule has 0 bridgehead atoms. The smallest absolute Gasteiger partial charge is 0.228 e. The van der Waals surface area contributed by atoms with Crippen molar-refractivity contribution in [3.63, 3.8) is 0 Å². The van der Waals surface area contributed by atoms with Crippen molar-refractivity contribution in [3.8, 4) is 17.4 Å². The van der Waals surface area contributed by atoms with E-state index in [0.717, 1.165) is 54.2 Å². The van der Waals surface area contributed by atoms with E-state index in [1.54, 1.807) is 10.8 Å². The zero-order valence-corrected chi connectivity index (χ0v) is 22.7. The quantitative estimate of drug-likeness (QED) is 0.209. The maximum atomic E-state index is 6.51. The lowest BCUT2D eigenvalue weighted by molar-refractivity contribution is 0.296. The average molecular weight is 585 g/mol. The van der Waals surface area contributed by atoms with Crippen LogP contribution in [0.3, 0.4) is 0 Å². The highest BCUT2D eigenvalue weighted by Gasteiger charge is 2.34. The highest BCUT2D eigenvalue weighted by molar-refractivity contribution is 9.10. The monoisotopic (exact) mass is 584 g/mol. The van der Waals surface area contributed by atoms with Crippen LogP contribution in [0.1, 0.15) is 28.4 Å². The molecule has 2 aromatic heterocycles. The summed E-state index contributed by atoms with van der Waals surface area (Å²) in [5, 5.41) is 9.14. The third kappa shape index (κ3) is 3.81. The van der Waals surface area contributed by atoms with Gasteiger partial charge in [0.15, 0.2) is 11.5 Å². The van der Waals surface area contributed by atoms with Gasteiger partial charge in [0.1, 0.15) is 24.4 Å². The first-order chi connectivity index (χ1) is 19.7. The lowest BCUT2D eigenvalue weighted by Gasteiger charge is -2.28. The summed E-state index contributed by atoms with van der Waals surface area (Å²) in [6.45, 7) is 0.233. The molecule has 0 amide bonds. The van der Waals surface area contributed by atoms with Crippen LogP contribution in [0, 0.1) is 0 Å². The van der Waals surface area contributed by atoms with Crippen LogP contribution in [0.5, 0.6) is 17.4 Å². The van der Waals surface area contributed by atoms with Crippen molar-refractivity contribution in [2.45, 2.75) is 12.5 Å². The van der Waals surface area contributed by atoms with Gasteiger partial charge in [0, 0.05) is 21.3 Å². The Labute approximate surface area is 238 Å². The van der Waals surface area contributed by atoms with E-state index in [1.807, 2.05) is 36.4 Å². The Bertz CT molecular complexity index is 2070. The summed E-state index contributed by atoms with van der Waals surface area (Å²) in [5.41, 5.74) is 3.82. The number of rotatable bonds is 4. The molecule has 192 valence electrons. The molecule has 0 N–H and O–H groups in total. The summed E-state index contributed by atoms with van der Waals surface area (Å²) in [4.78, 5) is 9.62. The Morgan fingerprint density at radius 1 is 0.825 bits per heavy atom. The van der Waals surface area contributed by atoms with E-state index in [4.69, 9.17) is 24.5 Å². The van der Waals surface area contributed by atoms with Crippen LogP contribution in [0.25, 0.3) is 27.2 Å². The van der Waals surface area contributed by atoms with Crippen LogP contribution in [-0.2, 0) is 6.61 Å². The Morgan fingerprint density at radius 3 is 2.55 bits per heavy atom. The summed E-state index contributed by atoms with van der Waals surface area (Å²) in [5.74, 6) is 2.61. The van der Waals surface area contributed by atoms with Crippen LogP contribution >= 0.6 is 15.9 Å². The Hall–Kier alpha value is -4.75. The van der Waals surface area contributed by atoms with Gasteiger partial charge in [-0.25, -0.2) is 14.5 Å². The number of aromatic nitrogens is 4. The van der Waals surface area contributed by atoms with Crippen molar-refractivity contribution in [2.75, 3.05) is 0 Å². The predicted molar refractivity (Wildman–Crippen MR) is 158 cm³/mol. The number of benzene rings is 5. The van der Waals surface area contributed by atoms with Gasteiger partial charge in [-0.05, 0) is 46.0 Å². The molecule has 5 aromatic carbocycles. The zero-order valence-electron chi connectivity index (χ0n) is 21.2. The molecule has 7 aromatic rings. The molecule has 3 heterocycles. The van der Waals surface area contributed by atoms with E-state index in [2.05, 4.69) is 82.7 Å². The third-order valence-corrected chi connectivity index (χ3v) is 7.91. The van der Waals surface area contributed by atoms with Crippen molar-refractivity contribution in [2.24, 2.45) is 0 Å². The van der Waals surface area contributed by atoms with E-state index < -0.39 is 0 Å². The van der Waals surface area contributed by atoms with Gasteiger partial charge >= 0.3 is 0 Å². The molecule has 8 rings (SSSR count). The molecule has 7 heteroatoms. The van der Waals surface area contributed by atoms with Gasteiger partial charge < -0.3 is 9.47 Å². The summed E-state index contributed by atoms with van der Waals surface area (Å²) < 4.78 is 15.4. The van der Waals surface area contributed by atoms with Gasteiger partial charge in [0.25, 0.3) is 0 Å². The molecule has 1 atom stereocenters. The van der Waals surface area contributed by atoms with Crippen molar-refractivity contribution in [1.29, 1.82) is 0 Å². The number of ether oxygens (including phenoxy) is 2. The number of halogens is 1. The van der Waals surface area contributed by atoms with Crippen molar-refractivity contribution in [1.82, 2.24) is 19.6 Å².